The molecule has 6 rings (SSSR count). The molecule has 1 N–H and O–H groups in total. The maximum Gasteiger partial charge on any atom is 0.679 e. The average molecular weight is 773 g/mol. The van der Waals surface area contributed by atoms with Crippen molar-refractivity contribution in [1.82, 2.24) is 9.79 Å². The van der Waals surface area contributed by atoms with Gasteiger partial charge in [-0.1, -0.05) is 72.8 Å². The van der Waals surface area contributed by atoms with Crippen molar-refractivity contribution in [3.63, 3.8) is 0 Å². The van der Waals surface area contributed by atoms with Crippen LogP contribution in [-0.4, -0.2) is 68.0 Å². The number of aromatic nitrogens is 1. The molecule has 0 unspecified atom stereocenters. The van der Waals surface area contributed by atoms with E-state index in [1.165, 1.54) is 7.11 Å². The molecule has 57 heavy (non-hydrogen) atoms. The third-order valence-electron chi connectivity index (χ3n) is 8.73. The van der Waals surface area contributed by atoms with E-state index in [1.54, 1.807) is 54.6 Å². The zero-order valence-electron chi connectivity index (χ0n) is 32.2. The molecule has 13 heteroatoms. The van der Waals surface area contributed by atoms with Gasteiger partial charge in [0.05, 0.1) is 19.4 Å². The van der Waals surface area contributed by atoms with E-state index in [4.69, 9.17) is 24.2 Å². The van der Waals surface area contributed by atoms with Gasteiger partial charge in [-0.2, -0.15) is 0 Å². The Balaban J connectivity index is 1.30. The number of nitrogens with zero attached hydrogens (tertiary/aromatic N) is 3. The summed E-state index contributed by atoms with van der Waals surface area (Å²) in [7, 11) is -1.66. The fraction of sp³-hybridized carbons (Fsp3) is 0.227. The summed E-state index contributed by atoms with van der Waals surface area (Å²) in [6, 6.07) is 34.6. The molecule has 1 aliphatic heterocycles. The van der Waals surface area contributed by atoms with E-state index in [1.807, 2.05) is 87.5 Å². The first-order chi connectivity index (χ1) is 27.5. The topological polar surface area (TPSA) is 113 Å². The van der Waals surface area contributed by atoms with Crippen LogP contribution in [0.4, 0.5) is 19.2 Å². The highest BCUT2D eigenvalue weighted by Gasteiger charge is 2.30. The molecule has 0 radical (unpaired) electrons. The number of allylic oxidation sites excluding steroid dienone is 1. The lowest BCUT2D eigenvalue weighted by atomic mass is 10.0. The minimum Gasteiger partial charge on any atom is -0.494 e. The lowest BCUT2D eigenvalue weighted by Crippen LogP contribution is -2.33. The quantitative estimate of drug-likeness (QED) is 0.0645. The molecule has 1 aromatic heterocycles. The number of methoxy groups -OCH3 is 1. The van der Waals surface area contributed by atoms with Crippen molar-refractivity contribution in [1.29, 1.82) is 0 Å². The van der Waals surface area contributed by atoms with Crippen molar-refractivity contribution in [2.45, 2.75) is 39.2 Å². The van der Waals surface area contributed by atoms with Crippen molar-refractivity contribution < 1.29 is 37.2 Å². The molecule has 1 amide bonds. The van der Waals surface area contributed by atoms with Gasteiger partial charge < -0.3 is 28.7 Å². The van der Waals surface area contributed by atoms with Crippen LogP contribution in [0.5, 0.6) is 11.5 Å². The first kappa shape index (κ1) is 40.2. The molecule has 2 heterocycles. The molecule has 0 saturated heterocycles. The first-order valence-corrected chi connectivity index (χ1v) is 18.5. The Hall–Kier alpha value is -6.50. The summed E-state index contributed by atoms with van der Waals surface area (Å²) in [4.78, 5) is 33.3. The summed E-state index contributed by atoms with van der Waals surface area (Å²) in [6.07, 6.45) is 2.80. The number of rotatable bonds is 15. The molecule has 292 valence electrons. The lowest BCUT2D eigenvalue weighted by Gasteiger charge is -2.19. The number of hydrogen-bond donors (Lipinski definition) is 1. The third kappa shape index (κ3) is 10.6. The minimum atomic E-state index is -2.94. The van der Waals surface area contributed by atoms with Crippen LogP contribution in [0.3, 0.4) is 0 Å². The number of carbonyl (C=O) groups is 2. The number of nitrogens with one attached hydrogen (secondary N) is 1. The van der Waals surface area contributed by atoms with E-state index < -0.39 is 25.1 Å². The van der Waals surface area contributed by atoms with Gasteiger partial charge in [-0.25, -0.2) is 19.6 Å². The number of esters is 1. The van der Waals surface area contributed by atoms with E-state index in [2.05, 4.69) is 10.1 Å². The highest BCUT2D eigenvalue weighted by atomic mass is 19.2. The SMILES string of the molecule is COC(=O)COc1ccc(C2=CC(c3ccccc3)=N/C2=N\c2c(-c3ccccc3)cc(-c3ccc(OCCCCNC(=O)OC(C)(C)C)cc3)n2B(F)F)cc1. The van der Waals surface area contributed by atoms with Gasteiger partial charge in [0.1, 0.15) is 22.9 Å². The molecular formula is C44H43BF2N4O6. The molecule has 0 aliphatic carbocycles. The van der Waals surface area contributed by atoms with Crippen LogP contribution in [0.1, 0.15) is 44.7 Å². The van der Waals surface area contributed by atoms with Gasteiger partial charge in [0.25, 0.3) is 0 Å². The number of aliphatic imine (C=N–C) groups is 2. The number of hydrogen-bond acceptors (Lipinski definition) is 7. The molecular weight excluding hydrogens is 729 g/mol. The van der Waals surface area contributed by atoms with Gasteiger partial charge in [0.15, 0.2) is 12.4 Å². The molecule has 5 aromatic rings. The van der Waals surface area contributed by atoms with Crippen LogP contribution in [0.2, 0.25) is 0 Å². The fourth-order valence-corrected chi connectivity index (χ4v) is 6.02. The second kappa shape index (κ2) is 18.4. The Labute approximate surface area is 331 Å². The smallest absolute Gasteiger partial charge is 0.494 e. The number of benzene rings is 4. The molecule has 0 atom stereocenters. The predicted molar refractivity (Wildman–Crippen MR) is 220 cm³/mol. The highest BCUT2D eigenvalue weighted by molar-refractivity contribution is 6.43. The molecule has 10 nitrogen and oxygen atoms in total. The largest absolute Gasteiger partial charge is 0.679 e. The van der Waals surface area contributed by atoms with Crippen molar-refractivity contribution >= 4 is 42.4 Å². The van der Waals surface area contributed by atoms with Crippen LogP contribution in [0.15, 0.2) is 131 Å². The standard InChI is InChI=1S/C44H43BF2N4O6/c1-44(2,3)57-43(53)48-25-11-12-26-55-34-23-19-33(20-24-34)39-28-37(30-13-7-5-8-14-30)42(51(39)45(46)47)50-41-36(27-38(49-41)32-15-9-6-10-16-32)31-17-21-35(22-18-31)56-29-40(52)54-4/h5-10,13-24,27-28H,11-12,25-26,29H2,1-4H3,(H,48,53)/b50-41-. The molecule has 0 spiro atoms. The fourth-order valence-electron chi connectivity index (χ4n) is 6.02. The Morgan fingerprint density at radius 3 is 2.02 bits per heavy atom. The summed E-state index contributed by atoms with van der Waals surface area (Å²) in [5, 5.41) is 2.73. The third-order valence-corrected chi connectivity index (χ3v) is 8.73. The Morgan fingerprint density at radius 2 is 1.40 bits per heavy atom. The van der Waals surface area contributed by atoms with Crippen LogP contribution in [0, 0.1) is 0 Å². The van der Waals surface area contributed by atoms with E-state index in [-0.39, 0.29) is 24.0 Å². The van der Waals surface area contributed by atoms with Crippen LogP contribution in [0.25, 0.3) is 28.0 Å². The van der Waals surface area contributed by atoms with Crippen LogP contribution >= 0.6 is 0 Å². The number of amides is 1. The molecule has 0 fully saturated rings. The molecule has 0 bridgehead atoms. The van der Waals surface area contributed by atoms with Gasteiger partial charge in [-0.15, -0.1) is 0 Å². The maximum absolute atomic E-state index is 15.4. The molecule has 1 aliphatic rings. The Morgan fingerprint density at radius 1 is 0.789 bits per heavy atom. The number of halogens is 2. The zero-order chi connectivity index (χ0) is 40.4. The monoisotopic (exact) mass is 772 g/mol. The minimum absolute atomic E-state index is 0.0449. The van der Waals surface area contributed by atoms with Gasteiger partial charge in [-0.3, -0.25) is 8.63 Å². The van der Waals surface area contributed by atoms with E-state index in [9.17, 15) is 9.59 Å². The Bertz CT molecular complexity index is 2250. The summed E-state index contributed by atoms with van der Waals surface area (Å²) in [6.45, 7) is 6.05. The van der Waals surface area contributed by atoms with Crippen molar-refractivity contribution in [2.24, 2.45) is 9.98 Å². The second-order valence-corrected chi connectivity index (χ2v) is 14.0. The summed E-state index contributed by atoms with van der Waals surface area (Å²) in [5.74, 6) is 0.834. The van der Waals surface area contributed by atoms with Gasteiger partial charge in [-0.05, 0) is 98.8 Å². The average Bonchev–Trinajstić information content (AvgIpc) is 3.81. The van der Waals surface area contributed by atoms with Crippen LogP contribution < -0.4 is 14.8 Å². The van der Waals surface area contributed by atoms with E-state index >= 15 is 8.63 Å². The number of ether oxygens (including phenoxy) is 4. The molecule has 0 saturated carbocycles. The van der Waals surface area contributed by atoms with E-state index in [0.29, 0.717) is 65.5 Å². The van der Waals surface area contributed by atoms with Crippen molar-refractivity contribution in [3.05, 3.63) is 132 Å². The van der Waals surface area contributed by atoms with E-state index in [0.717, 1.165) is 15.6 Å². The second-order valence-electron chi connectivity index (χ2n) is 14.0. The Kier molecular flexibility index (Phi) is 13.0. The number of amidine groups is 1. The number of unbranched alkanes of at least 4 members (excludes halogenated alkanes) is 1. The normalized spacial score (nSPS) is 13.1. The highest BCUT2D eigenvalue weighted by Crippen LogP contribution is 2.41. The van der Waals surface area contributed by atoms with Crippen molar-refractivity contribution in [3.8, 4) is 33.9 Å². The van der Waals surface area contributed by atoms with Crippen LogP contribution in [-0.2, 0) is 14.3 Å². The first-order valence-electron chi connectivity index (χ1n) is 18.5. The van der Waals surface area contributed by atoms with Gasteiger partial charge in [0, 0.05) is 28.9 Å². The summed E-state index contributed by atoms with van der Waals surface area (Å²) >= 11 is 0. The predicted octanol–water partition coefficient (Wildman–Crippen LogP) is 9.45. The summed E-state index contributed by atoms with van der Waals surface area (Å²) < 4.78 is 53.0. The number of carbonyl (C=O) groups excluding carboxylic acids is 2. The van der Waals surface area contributed by atoms with Gasteiger partial charge >= 0.3 is 19.5 Å². The number of alkyl carbamates (subject to hydrolysis) is 1. The molecule has 4 aromatic carbocycles. The lowest BCUT2D eigenvalue weighted by molar-refractivity contribution is -0.142. The zero-order valence-corrected chi connectivity index (χ0v) is 32.2. The maximum atomic E-state index is 15.4. The van der Waals surface area contributed by atoms with Crippen molar-refractivity contribution in [2.75, 3.05) is 26.9 Å². The summed E-state index contributed by atoms with van der Waals surface area (Å²) in [5.41, 5.74) is 4.28. The van der Waals surface area contributed by atoms with Gasteiger partial charge in [0.2, 0.25) is 0 Å².